The summed E-state index contributed by atoms with van der Waals surface area (Å²) in [5.41, 5.74) is 1.56. The SMILES string of the molecule is COc1ccc(N2CCN(C(=O)c3cc4cc(N(C)S(=O)(=O)c5ccc(F)cc5)ccc4s3)CC2)cc1. The Morgan fingerprint density at radius 1 is 0.946 bits per heavy atom. The molecule has 4 aromatic rings. The van der Waals surface area contributed by atoms with Gasteiger partial charge in [-0.2, -0.15) is 0 Å². The summed E-state index contributed by atoms with van der Waals surface area (Å²) in [7, 11) is -0.753. The highest BCUT2D eigenvalue weighted by atomic mass is 32.2. The second-order valence-electron chi connectivity index (χ2n) is 8.74. The van der Waals surface area contributed by atoms with Gasteiger partial charge in [0.2, 0.25) is 0 Å². The van der Waals surface area contributed by atoms with Crippen LogP contribution in [0.3, 0.4) is 0 Å². The Morgan fingerprint density at radius 3 is 2.27 bits per heavy atom. The van der Waals surface area contributed by atoms with Crippen LogP contribution in [0.15, 0.2) is 77.7 Å². The number of methoxy groups -OCH3 is 1. The zero-order valence-electron chi connectivity index (χ0n) is 20.4. The van der Waals surface area contributed by atoms with Crippen LogP contribution in [-0.4, -0.2) is 59.6 Å². The first kappa shape index (κ1) is 25.0. The van der Waals surface area contributed by atoms with E-state index in [0.29, 0.717) is 23.7 Å². The van der Waals surface area contributed by atoms with Crippen molar-refractivity contribution in [3.05, 3.63) is 83.5 Å². The summed E-state index contributed by atoms with van der Waals surface area (Å²) in [6, 6.07) is 19.7. The highest BCUT2D eigenvalue weighted by Crippen LogP contribution is 2.32. The molecule has 37 heavy (non-hydrogen) atoms. The maximum atomic E-state index is 13.3. The monoisotopic (exact) mass is 539 g/mol. The van der Waals surface area contributed by atoms with Crippen LogP contribution in [0.5, 0.6) is 5.75 Å². The predicted molar refractivity (Wildman–Crippen MR) is 145 cm³/mol. The van der Waals surface area contributed by atoms with Gasteiger partial charge < -0.3 is 14.5 Å². The van der Waals surface area contributed by atoms with Gasteiger partial charge in [-0.25, -0.2) is 12.8 Å². The molecule has 1 fully saturated rings. The fourth-order valence-electron chi connectivity index (χ4n) is 4.35. The van der Waals surface area contributed by atoms with E-state index in [-0.39, 0.29) is 10.8 Å². The smallest absolute Gasteiger partial charge is 0.264 e. The molecular weight excluding hydrogens is 513 g/mol. The Hall–Kier alpha value is -3.63. The predicted octanol–water partition coefficient (Wildman–Crippen LogP) is 4.84. The average molecular weight is 540 g/mol. The van der Waals surface area contributed by atoms with Gasteiger partial charge in [-0.05, 0) is 78.2 Å². The molecule has 0 spiro atoms. The minimum absolute atomic E-state index is 0.00599. The van der Waals surface area contributed by atoms with Gasteiger partial charge >= 0.3 is 0 Å². The number of piperazine rings is 1. The van der Waals surface area contributed by atoms with Crippen LogP contribution >= 0.6 is 11.3 Å². The third-order valence-corrected chi connectivity index (χ3v) is 9.45. The molecule has 0 unspecified atom stereocenters. The summed E-state index contributed by atoms with van der Waals surface area (Å²) >= 11 is 1.40. The van der Waals surface area contributed by atoms with Gasteiger partial charge in [-0.15, -0.1) is 11.3 Å². The van der Waals surface area contributed by atoms with Gasteiger partial charge in [0.15, 0.2) is 0 Å². The summed E-state index contributed by atoms with van der Waals surface area (Å²) in [5, 5.41) is 0.795. The molecule has 0 bridgehead atoms. The maximum absolute atomic E-state index is 13.3. The topological polar surface area (TPSA) is 70.2 Å². The quantitative estimate of drug-likeness (QED) is 0.351. The molecule has 0 radical (unpaired) electrons. The molecule has 0 N–H and O–H groups in total. The van der Waals surface area contributed by atoms with Crippen molar-refractivity contribution >= 4 is 48.7 Å². The van der Waals surface area contributed by atoms with Gasteiger partial charge in [0.1, 0.15) is 11.6 Å². The van der Waals surface area contributed by atoms with E-state index in [4.69, 9.17) is 4.74 Å². The maximum Gasteiger partial charge on any atom is 0.264 e. The average Bonchev–Trinajstić information content (AvgIpc) is 3.36. The highest BCUT2D eigenvalue weighted by Gasteiger charge is 2.25. The fourth-order valence-corrected chi connectivity index (χ4v) is 6.55. The van der Waals surface area contributed by atoms with E-state index in [1.807, 2.05) is 41.3 Å². The number of ether oxygens (including phenoxy) is 1. The standard InChI is InChI=1S/C27H26FN3O4S2/c1-29(37(33,34)24-10-3-20(28)4-11-24)22-7-12-25-19(17-22)18-26(36-25)27(32)31-15-13-30(14-16-31)21-5-8-23(35-2)9-6-21/h3-12,17-18H,13-16H2,1-2H3. The van der Waals surface area contributed by atoms with Crippen molar-refractivity contribution in [2.45, 2.75) is 4.90 Å². The minimum Gasteiger partial charge on any atom is -0.497 e. The Balaban J connectivity index is 1.29. The minimum atomic E-state index is -3.85. The van der Waals surface area contributed by atoms with Crippen molar-refractivity contribution in [2.24, 2.45) is 0 Å². The summed E-state index contributed by atoms with van der Waals surface area (Å²) in [6.07, 6.45) is 0. The van der Waals surface area contributed by atoms with Crippen LogP contribution in [0, 0.1) is 5.82 Å². The molecular formula is C27H26FN3O4S2. The number of rotatable bonds is 6. The zero-order chi connectivity index (χ0) is 26.2. The van der Waals surface area contributed by atoms with E-state index in [1.165, 1.54) is 30.5 Å². The molecule has 2 heterocycles. The first-order valence-corrected chi connectivity index (χ1v) is 14.0. The van der Waals surface area contributed by atoms with E-state index in [0.717, 1.165) is 51.1 Å². The van der Waals surface area contributed by atoms with Crippen molar-refractivity contribution in [2.75, 3.05) is 49.5 Å². The molecule has 7 nitrogen and oxygen atoms in total. The van der Waals surface area contributed by atoms with Gasteiger partial charge in [0.25, 0.3) is 15.9 Å². The molecule has 192 valence electrons. The number of anilines is 2. The Bertz CT molecular complexity index is 1530. The normalized spacial score (nSPS) is 14.1. The number of carbonyl (C=O) groups excluding carboxylic acids is 1. The number of hydrogen-bond donors (Lipinski definition) is 0. The Labute approximate surface area is 219 Å². The van der Waals surface area contributed by atoms with Crippen LogP contribution in [-0.2, 0) is 10.0 Å². The van der Waals surface area contributed by atoms with Crippen LogP contribution < -0.4 is 13.9 Å². The lowest BCUT2D eigenvalue weighted by molar-refractivity contribution is 0.0751. The first-order chi connectivity index (χ1) is 17.8. The van der Waals surface area contributed by atoms with E-state index in [2.05, 4.69) is 4.90 Å². The van der Waals surface area contributed by atoms with Gasteiger partial charge in [-0.3, -0.25) is 9.10 Å². The third kappa shape index (κ3) is 4.99. The molecule has 1 amide bonds. The number of hydrogen-bond acceptors (Lipinski definition) is 6. The van der Waals surface area contributed by atoms with E-state index in [1.54, 1.807) is 19.2 Å². The number of nitrogens with zero attached hydrogens (tertiary/aromatic N) is 3. The second-order valence-corrected chi connectivity index (χ2v) is 11.8. The van der Waals surface area contributed by atoms with Crippen LogP contribution in [0.2, 0.25) is 0 Å². The molecule has 1 aliphatic heterocycles. The highest BCUT2D eigenvalue weighted by molar-refractivity contribution is 7.92. The molecule has 5 rings (SSSR count). The number of halogens is 1. The van der Waals surface area contributed by atoms with Crippen molar-refractivity contribution in [1.82, 2.24) is 4.90 Å². The lowest BCUT2D eigenvalue weighted by atomic mass is 10.2. The van der Waals surface area contributed by atoms with Crippen LogP contribution in [0.1, 0.15) is 9.67 Å². The molecule has 1 aromatic heterocycles. The van der Waals surface area contributed by atoms with E-state index in [9.17, 15) is 17.6 Å². The molecule has 0 saturated carbocycles. The summed E-state index contributed by atoms with van der Waals surface area (Å²) in [6.45, 7) is 2.70. The largest absolute Gasteiger partial charge is 0.497 e. The number of amides is 1. The Morgan fingerprint density at radius 2 is 1.62 bits per heavy atom. The molecule has 0 atom stereocenters. The molecule has 10 heteroatoms. The number of benzene rings is 3. The zero-order valence-corrected chi connectivity index (χ0v) is 22.1. The molecule has 1 saturated heterocycles. The van der Waals surface area contributed by atoms with Crippen LogP contribution in [0.25, 0.3) is 10.1 Å². The molecule has 0 aliphatic carbocycles. The van der Waals surface area contributed by atoms with E-state index >= 15 is 0 Å². The fraction of sp³-hybridized carbons (Fsp3) is 0.222. The lowest BCUT2D eigenvalue weighted by Crippen LogP contribution is -2.48. The summed E-state index contributed by atoms with van der Waals surface area (Å²) < 4.78 is 46.5. The third-order valence-electron chi connectivity index (χ3n) is 6.55. The molecule has 3 aromatic carbocycles. The summed E-state index contributed by atoms with van der Waals surface area (Å²) in [5.74, 6) is 0.287. The number of carbonyl (C=O) groups is 1. The lowest BCUT2D eigenvalue weighted by Gasteiger charge is -2.36. The van der Waals surface area contributed by atoms with Gasteiger partial charge in [-0.1, -0.05) is 0 Å². The van der Waals surface area contributed by atoms with Crippen molar-refractivity contribution < 1.29 is 22.3 Å². The van der Waals surface area contributed by atoms with Crippen molar-refractivity contribution in [1.29, 1.82) is 0 Å². The van der Waals surface area contributed by atoms with Gasteiger partial charge in [0, 0.05) is 43.6 Å². The van der Waals surface area contributed by atoms with Crippen molar-refractivity contribution in [3.8, 4) is 5.75 Å². The number of sulfonamides is 1. The number of thiophene rings is 1. The van der Waals surface area contributed by atoms with E-state index < -0.39 is 15.8 Å². The second kappa shape index (κ2) is 10.0. The Kier molecular flexibility index (Phi) is 6.78. The first-order valence-electron chi connectivity index (χ1n) is 11.7. The number of fused-ring (bicyclic) bond motifs is 1. The van der Waals surface area contributed by atoms with Crippen LogP contribution in [0.4, 0.5) is 15.8 Å². The molecule has 1 aliphatic rings. The van der Waals surface area contributed by atoms with Gasteiger partial charge in [0.05, 0.1) is 22.6 Å². The summed E-state index contributed by atoms with van der Waals surface area (Å²) in [4.78, 5) is 18.0. The van der Waals surface area contributed by atoms with Crippen molar-refractivity contribution in [3.63, 3.8) is 0 Å².